The average Bonchev–Trinajstić information content (AvgIpc) is 2.88. The number of rotatable bonds is 2. The molecule has 0 radical (unpaired) electrons. The van der Waals surface area contributed by atoms with Crippen molar-refractivity contribution < 1.29 is 0 Å². The Morgan fingerprint density at radius 2 is 2.23 bits per heavy atom. The highest BCUT2D eigenvalue weighted by atomic mass is 79.9. The third-order valence-corrected chi connectivity index (χ3v) is 4.15. The minimum absolute atomic E-state index is 0.671. The monoisotopic (exact) mass is 322 g/mol. The summed E-state index contributed by atoms with van der Waals surface area (Å²) in [5.41, 5.74) is 1.29. The maximum atomic E-state index is 6.12. The lowest BCUT2D eigenvalue weighted by molar-refractivity contribution is 0.936. The molecule has 1 aliphatic carbocycles. The van der Waals surface area contributed by atoms with E-state index in [1.807, 2.05) is 12.1 Å². The zero-order valence-corrected chi connectivity index (χ0v) is 10.9. The number of benzene rings is 1. The summed E-state index contributed by atoms with van der Waals surface area (Å²) in [4.78, 5) is 0. The van der Waals surface area contributed by atoms with Crippen LogP contribution in [0.4, 0.5) is 0 Å². The number of hydrogen-bond donors (Lipinski definition) is 0. The summed E-state index contributed by atoms with van der Waals surface area (Å²) < 4.78 is 1.12. The van der Waals surface area contributed by atoms with Crippen LogP contribution < -0.4 is 0 Å². The Balaban J connectivity index is 2.25. The zero-order chi connectivity index (χ0) is 9.42. The standard InChI is InChI=1S/C10H9Br2Cl/c11-5-6-3-8(6)9-4-7(12)1-2-10(9)13/h1-2,4,6,8H,3,5H2. The number of halogens is 3. The van der Waals surface area contributed by atoms with Crippen molar-refractivity contribution in [2.75, 3.05) is 5.33 Å². The van der Waals surface area contributed by atoms with Gasteiger partial charge in [-0.15, -0.1) is 0 Å². The number of alkyl halides is 1. The van der Waals surface area contributed by atoms with Gasteiger partial charge in [-0.05, 0) is 42.0 Å². The second kappa shape index (κ2) is 3.92. The number of hydrogen-bond acceptors (Lipinski definition) is 0. The van der Waals surface area contributed by atoms with Crippen LogP contribution in [0.1, 0.15) is 17.9 Å². The van der Waals surface area contributed by atoms with Crippen molar-refractivity contribution in [3.8, 4) is 0 Å². The summed E-state index contributed by atoms with van der Waals surface area (Å²) in [5.74, 6) is 1.45. The summed E-state index contributed by atoms with van der Waals surface area (Å²) in [6.45, 7) is 0. The molecule has 2 atom stereocenters. The Bertz CT molecular complexity index is 325. The molecule has 13 heavy (non-hydrogen) atoms. The molecule has 0 aromatic heterocycles. The van der Waals surface area contributed by atoms with Gasteiger partial charge in [-0.1, -0.05) is 43.5 Å². The molecule has 3 heteroatoms. The Labute approximate surface area is 99.9 Å². The second-order valence-corrected chi connectivity index (χ2v) is 5.39. The molecular weight excluding hydrogens is 315 g/mol. The highest BCUT2D eigenvalue weighted by molar-refractivity contribution is 9.10. The highest BCUT2D eigenvalue weighted by Gasteiger charge is 2.38. The topological polar surface area (TPSA) is 0 Å². The fraction of sp³-hybridized carbons (Fsp3) is 0.400. The van der Waals surface area contributed by atoms with E-state index in [0.29, 0.717) is 5.92 Å². The van der Waals surface area contributed by atoms with Gasteiger partial charge in [0.1, 0.15) is 0 Å². The molecule has 0 saturated heterocycles. The lowest BCUT2D eigenvalue weighted by atomic mass is 10.1. The van der Waals surface area contributed by atoms with Gasteiger partial charge in [-0.2, -0.15) is 0 Å². The molecule has 1 saturated carbocycles. The molecule has 0 bridgehead atoms. The summed E-state index contributed by atoms with van der Waals surface area (Å²) >= 11 is 13.1. The van der Waals surface area contributed by atoms with E-state index < -0.39 is 0 Å². The molecule has 0 amide bonds. The minimum atomic E-state index is 0.671. The summed E-state index contributed by atoms with van der Waals surface area (Å²) in [5, 5.41) is 1.98. The fourth-order valence-corrected chi connectivity index (χ4v) is 2.95. The zero-order valence-electron chi connectivity index (χ0n) is 6.93. The lowest BCUT2D eigenvalue weighted by Gasteiger charge is -2.03. The van der Waals surface area contributed by atoms with Crippen LogP contribution in [0, 0.1) is 5.92 Å². The van der Waals surface area contributed by atoms with Gasteiger partial charge in [-0.25, -0.2) is 0 Å². The maximum absolute atomic E-state index is 6.12. The smallest absolute Gasteiger partial charge is 0.0441 e. The normalized spacial score (nSPS) is 26.1. The predicted molar refractivity (Wildman–Crippen MR) is 63.8 cm³/mol. The van der Waals surface area contributed by atoms with Gasteiger partial charge >= 0.3 is 0 Å². The molecule has 2 unspecified atom stereocenters. The van der Waals surface area contributed by atoms with Crippen LogP contribution in [0.25, 0.3) is 0 Å². The van der Waals surface area contributed by atoms with Crippen LogP contribution in [0.3, 0.4) is 0 Å². The van der Waals surface area contributed by atoms with Gasteiger partial charge in [0.25, 0.3) is 0 Å². The van der Waals surface area contributed by atoms with Crippen molar-refractivity contribution in [1.82, 2.24) is 0 Å². The van der Waals surface area contributed by atoms with Crippen LogP contribution in [0.15, 0.2) is 22.7 Å². The van der Waals surface area contributed by atoms with Crippen LogP contribution in [0.2, 0.25) is 5.02 Å². The first kappa shape index (κ1) is 10.0. The van der Waals surface area contributed by atoms with Gasteiger partial charge in [-0.3, -0.25) is 0 Å². The van der Waals surface area contributed by atoms with Crippen molar-refractivity contribution >= 4 is 43.5 Å². The SMILES string of the molecule is Clc1ccc(Br)cc1C1CC1CBr. The molecule has 0 spiro atoms. The molecule has 1 fully saturated rings. The molecule has 1 aromatic carbocycles. The molecule has 2 rings (SSSR count). The predicted octanol–water partition coefficient (Wildman–Crippen LogP) is 4.60. The van der Waals surface area contributed by atoms with Gasteiger partial charge in [0.2, 0.25) is 0 Å². The second-order valence-electron chi connectivity index (χ2n) is 3.42. The van der Waals surface area contributed by atoms with E-state index >= 15 is 0 Å². The fourth-order valence-electron chi connectivity index (χ4n) is 1.60. The summed E-state index contributed by atoms with van der Waals surface area (Å²) in [6.07, 6.45) is 1.27. The molecule has 0 heterocycles. The molecule has 0 nitrogen and oxygen atoms in total. The van der Waals surface area contributed by atoms with Crippen molar-refractivity contribution in [2.24, 2.45) is 5.92 Å². The van der Waals surface area contributed by atoms with Crippen molar-refractivity contribution in [2.45, 2.75) is 12.3 Å². The van der Waals surface area contributed by atoms with E-state index in [9.17, 15) is 0 Å². The third kappa shape index (κ3) is 2.11. The molecule has 0 N–H and O–H groups in total. The third-order valence-electron chi connectivity index (χ3n) is 2.48. The van der Waals surface area contributed by atoms with Crippen LogP contribution >= 0.6 is 43.5 Å². The van der Waals surface area contributed by atoms with Crippen molar-refractivity contribution in [3.05, 3.63) is 33.3 Å². The Morgan fingerprint density at radius 3 is 2.85 bits per heavy atom. The molecular formula is C10H9Br2Cl. The Kier molecular flexibility index (Phi) is 3.01. The molecule has 70 valence electrons. The van der Waals surface area contributed by atoms with Crippen LogP contribution in [-0.2, 0) is 0 Å². The van der Waals surface area contributed by atoms with Gasteiger partial charge in [0.05, 0.1) is 0 Å². The van der Waals surface area contributed by atoms with Crippen molar-refractivity contribution in [1.29, 1.82) is 0 Å². The summed E-state index contributed by atoms with van der Waals surface area (Å²) in [7, 11) is 0. The minimum Gasteiger partial charge on any atom is -0.0925 e. The van der Waals surface area contributed by atoms with Crippen LogP contribution in [-0.4, -0.2) is 5.33 Å². The van der Waals surface area contributed by atoms with Gasteiger partial charge in [0.15, 0.2) is 0 Å². The lowest BCUT2D eigenvalue weighted by Crippen LogP contribution is -1.86. The first-order valence-corrected chi connectivity index (χ1v) is 6.52. The van der Waals surface area contributed by atoms with Gasteiger partial charge in [0, 0.05) is 14.8 Å². The van der Waals surface area contributed by atoms with Gasteiger partial charge < -0.3 is 0 Å². The Morgan fingerprint density at radius 1 is 1.46 bits per heavy atom. The quantitative estimate of drug-likeness (QED) is 0.697. The molecule has 0 aliphatic heterocycles. The first-order chi connectivity index (χ1) is 6.22. The highest BCUT2D eigenvalue weighted by Crippen LogP contribution is 2.50. The molecule has 1 aromatic rings. The Hall–Kier alpha value is 0.470. The van der Waals surface area contributed by atoms with E-state index in [0.717, 1.165) is 20.7 Å². The van der Waals surface area contributed by atoms with E-state index in [-0.39, 0.29) is 0 Å². The molecule has 1 aliphatic rings. The van der Waals surface area contributed by atoms with Crippen molar-refractivity contribution in [3.63, 3.8) is 0 Å². The van der Waals surface area contributed by atoms with E-state index in [1.54, 1.807) is 0 Å². The largest absolute Gasteiger partial charge is 0.0925 e. The van der Waals surface area contributed by atoms with E-state index in [4.69, 9.17) is 11.6 Å². The van der Waals surface area contributed by atoms with Crippen LogP contribution in [0.5, 0.6) is 0 Å². The summed E-state index contributed by atoms with van der Waals surface area (Å²) in [6, 6.07) is 6.08. The van der Waals surface area contributed by atoms with E-state index in [2.05, 4.69) is 37.9 Å². The average molecular weight is 324 g/mol. The van der Waals surface area contributed by atoms with E-state index in [1.165, 1.54) is 12.0 Å². The maximum Gasteiger partial charge on any atom is 0.0441 e. The first-order valence-electron chi connectivity index (χ1n) is 4.23.